The molecule has 0 aliphatic heterocycles. The highest BCUT2D eigenvalue weighted by molar-refractivity contribution is 4.83. The Morgan fingerprint density at radius 3 is 2.18 bits per heavy atom. The zero-order valence-electron chi connectivity index (χ0n) is 12.5. The van der Waals surface area contributed by atoms with Gasteiger partial charge in [-0.25, -0.2) is 0 Å². The molecule has 0 aromatic carbocycles. The summed E-state index contributed by atoms with van der Waals surface area (Å²) < 4.78 is 10.8. The zero-order valence-corrected chi connectivity index (χ0v) is 12.5. The molecule has 3 heteroatoms. The largest absolute Gasteiger partial charge is 0.385 e. The molecule has 0 fully saturated rings. The monoisotopic (exact) mass is 245 g/mol. The number of ether oxygens (including phenoxy) is 2. The van der Waals surface area contributed by atoms with E-state index < -0.39 is 0 Å². The molecule has 0 saturated heterocycles. The van der Waals surface area contributed by atoms with Crippen molar-refractivity contribution in [2.24, 2.45) is 11.8 Å². The molecule has 1 N–H and O–H groups in total. The van der Waals surface area contributed by atoms with E-state index in [4.69, 9.17) is 9.47 Å². The van der Waals surface area contributed by atoms with Crippen molar-refractivity contribution in [1.29, 1.82) is 0 Å². The molecule has 0 saturated carbocycles. The van der Waals surface area contributed by atoms with Crippen LogP contribution in [0, 0.1) is 11.8 Å². The van der Waals surface area contributed by atoms with Gasteiger partial charge in [-0.1, -0.05) is 27.7 Å². The van der Waals surface area contributed by atoms with E-state index in [9.17, 15) is 0 Å². The predicted octanol–water partition coefficient (Wildman–Crippen LogP) is 2.70. The quantitative estimate of drug-likeness (QED) is 0.642. The van der Waals surface area contributed by atoms with E-state index in [1.807, 2.05) is 7.11 Å². The van der Waals surface area contributed by atoms with Crippen LogP contribution in [0.15, 0.2) is 0 Å². The lowest BCUT2D eigenvalue weighted by molar-refractivity contribution is 0.0123. The average Bonchev–Trinajstić information content (AvgIpc) is 2.30. The van der Waals surface area contributed by atoms with Crippen molar-refractivity contribution in [3.05, 3.63) is 0 Å². The molecule has 0 radical (unpaired) electrons. The molecule has 0 heterocycles. The van der Waals surface area contributed by atoms with Crippen LogP contribution in [0.4, 0.5) is 0 Å². The van der Waals surface area contributed by atoms with Crippen molar-refractivity contribution in [2.75, 3.05) is 27.4 Å². The normalized spacial score (nSPS) is 17.1. The highest BCUT2D eigenvalue weighted by atomic mass is 16.5. The summed E-state index contributed by atoms with van der Waals surface area (Å²) >= 11 is 0. The van der Waals surface area contributed by atoms with Gasteiger partial charge in [-0.05, 0) is 31.2 Å². The van der Waals surface area contributed by atoms with Gasteiger partial charge in [0.05, 0.1) is 6.10 Å². The van der Waals surface area contributed by atoms with Gasteiger partial charge in [0.15, 0.2) is 0 Å². The van der Waals surface area contributed by atoms with E-state index >= 15 is 0 Å². The average molecular weight is 245 g/mol. The van der Waals surface area contributed by atoms with E-state index in [0.717, 1.165) is 26.0 Å². The third-order valence-corrected chi connectivity index (χ3v) is 3.30. The SMILES string of the molecule is CCCNC(C(C)CCOC)C(OC)C(C)C. The molecule has 0 amide bonds. The summed E-state index contributed by atoms with van der Waals surface area (Å²) in [5, 5.41) is 3.63. The molecular weight excluding hydrogens is 214 g/mol. The molecule has 3 atom stereocenters. The second kappa shape index (κ2) is 9.86. The van der Waals surface area contributed by atoms with Gasteiger partial charge in [-0.3, -0.25) is 0 Å². The van der Waals surface area contributed by atoms with Crippen molar-refractivity contribution in [3.8, 4) is 0 Å². The summed E-state index contributed by atoms with van der Waals surface area (Å²) in [5.41, 5.74) is 0. The molecular formula is C14H31NO2. The molecule has 0 spiro atoms. The second-order valence-corrected chi connectivity index (χ2v) is 5.18. The Kier molecular flexibility index (Phi) is 9.79. The third-order valence-electron chi connectivity index (χ3n) is 3.30. The van der Waals surface area contributed by atoms with Crippen molar-refractivity contribution < 1.29 is 9.47 Å². The first-order valence-electron chi connectivity index (χ1n) is 6.83. The standard InChI is InChI=1S/C14H31NO2/c1-7-9-15-13(12(4)8-10-16-5)14(17-6)11(2)3/h11-15H,7-10H2,1-6H3. The van der Waals surface area contributed by atoms with Gasteiger partial charge in [0.1, 0.15) is 0 Å². The molecule has 0 aliphatic rings. The van der Waals surface area contributed by atoms with Gasteiger partial charge < -0.3 is 14.8 Å². The van der Waals surface area contributed by atoms with Crippen LogP contribution in [0.2, 0.25) is 0 Å². The molecule has 0 aromatic heterocycles. The van der Waals surface area contributed by atoms with Gasteiger partial charge in [-0.2, -0.15) is 0 Å². The van der Waals surface area contributed by atoms with Gasteiger partial charge >= 0.3 is 0 Å². The van der Waals surface area contributed by atoms with E-state index in [-0.39, 0.29) is 6.10 Å². The van der Waals surface area contributed by atoms with Crippen LogP contribution in [0.25, 0.3) is 0 Å². The Hall–Kier alpha value is -0.120. The van der Waals surface area contributed by atoms with E-state index in [1.165, 1.54) is 0 Å². The zero-order chi connectivity index (χ0) is 13.3. The molecule has 0 bridgehead atoms. The highest BCUT2D eigenvalue weighted by Crippen LogP contribution is 2.19. The van der Waals surface area contributed by atoms with Crippen LogP contribution >= 0.6 is 0 Å². The van der Waals surface area contributed by atoms with Crippen LogP contribution in [-0.2, 0) is 9.47 Å². The summed E-state index contributed by atoms with van der Waals surface area (Å²) in [6.07, 6.45) is 2.50. The number of rotatable bonds is 10. The molecule has 17 heavy (non-hydrogen) atoms. The van der Waals surface area contributed by atoms with Crippen LogP contribution in [-0.4, -0.2) is 39.5 Å². The number of hydrogen-bond acceptors (Lipinski definition) is 3. The van der Waals surface area contributed by atoms with E-state index in [1.54, 1.807) is 7.11 Å². The number of nitrogens with one attached hydrogen (secondary N) is 1. The smallest absolute Gasteiger partial charge is 0.0749 e. The summed E-state index contributed by atoms with van der Waals surface area (Å²) in [4.78, 5) is 0. The molecule has 0 aromatic rings. The fourth-order valence-corrected chi connectivity index (χ4v) is 2.27. The van der Waals surface area contributed by atoms with Crippen molar-refractivity contribution in [1.82, 2.24) is 5.32 Å². The Morgan fingerprint density at radius 1 is 1.12 bits per heavy atom. The molecule has 0 aliphatic carbocycles. The maximum absolute atomic E-state index is 5.67. The minimum Gasteiger partial charge on any atom is -0.385 e. The Labute approximate surface area is 107 Å². The summed E-state index contributed by atoms with van der Waals surface area (Å²) in [7, 11) is 3.58. The Balaban J connectivity index is 4.47. The van der Waals surface area contributed by atoms with Crippen molar-refractivity contribution in [2.45, 2.75) is 52.7 Å². The summed E-state index contributed by atoms with van der Waals surface area (Å²) in [5.74, 6) is 1.09. The number of hydrogen-bond donors (Lipinski definition) is 1. The van der Waals surface area contributed by atoms with Gasteiger partial charge in [0.2, 0.25) is 0 Å². The van der Waals surface area contributed by atoms with Crippen molar-refractivity contribution in [3.63, 3.8) is 0 Å². The van der Waals surface area contributed by atoms with Gasteiger partial charge in [0.25, 0.3) is 0 Å². The maximum Gasteiger partial charge on any atom is 0.0749 e. The lowest BCUT2D eigenvalue weighted by atomic mass is 9.88. The topological polar surface area (TPSA) is 30.5 Å². The Bertz CT molecular complexity index is 174. The first kappa shape index (κ1) is 16.9. The van der Waals surface area contributed by atoms with Crippen LogP contribution in [0.1, 0.15) is 40.5 Å². The van der Waals surface area contributed by atoms with Gasteiger partial charge in [-0.15, -0.1) is 0 Å². The minimum absolute atomic E-state index is 0.272. The summed E-state index contributed by atoms with van der Waals surface area (Å²) in [6, 6.07) is 0.412. The van der Waals surface area contributed by atoms with E-state index in [0.29, 0.717) is 17.9 Å². The highest BCUT2D eigenvalue weighted by Gasteiger charge is 2.28. The first-order valence-corrected chi connectivity index (χ1v) is 6.83. The summed E-state index contributed by atoms with van der Waals surface area (Å²) in [6.45, 7) is 10.8. The van der Waals surface area contributed by atoms with Gasteiger partial charge in [0, 0.05) is 26.9 Å². The third kappa shape index (κ3) is 6.39. The molecule has 3 nitrogen and oxygen atoms in total. The lowest BCUT2D eigenvalue weighted by Crippen LogP contribution is -2.48. The predicted molar refractivity (Wildman–Crippen MR) is 73.4 cm³/mol. The Morgan fingerprint density at radius 2 is 1.76 bits per heavy atom. The fraction of sp³-hybridized carbons (Fsp3) is 1.00. The molecule has 0 rings (SSSR count). The van der Waals surface area contributed by atoms with Crippen LogP contribution < -0.4 is 5.32 Å². The fourth-order valence-electron chi connectivity index (χ4n) is 2.27. The second-order valence-electron chi connectivity index (χ2n) is 5.18. The minimum atomic E-state index is 0.272. The molecule has 3 unspecified atom stereocenters. The maximum atomic E-state index is 5.67. The lowest BCUT2D eigenvalue weighted by Gasteiger charge is -2.34. The van der Waals surface area contributed by atoms with E-state index in [2.05, 4.69) is 33.0 Å². The van der Waals surface area contributed by atoms with Crippen LogP contribution in [0.3, 0.4) is 0 Å². The number of methoxy groups -OCH3 is 2. The molecule has 104 valence electrons. The van der Waals surface area contributed by atoms with Crippen molar-refractivity contribution >= 4 is 0 Å². The first-order chi connectivity index (χ1) is 8.08. The van der Waals surface area contributed by atoms with Crippen LogP contribution in [0.5, 0.6) is 0 Å².